The number of rotatable bonds is 2. The maximum absolute atomic E-state index is 11.1. The first-order valence-corrected chi connectivity index (χ1v) is 6.99. The van der Waals surface area contributed by atoms with Gasteiger partial charge in [0.15, 0.2) is 0 Å². The van der Waals surface area contributed by atoms with Crippen LogP contribution in [0.4, 0.5) is 0 Å². The molecule has 0 spiro atoms. The van der Waals surface area contributed by atoms with Crippen molar-refractivity contribution < 1.29 is 15.3 Å². The van der Waals surface area contributed by atoms with E-state index in [1.165, 1.54) is 0 Å². The molecule has 2 aliphatic carbocycles. The second-order valence-corrected chi connectivity index (χ2v) is 6.83. The Kier molecular flexibility index (Phi) is 3.37. The number of aliphatic hydroxyl groups is 3. The summed E-state index contributed by atoms with van der Waals surface area (Å²) in [4.78, 5) is 0. The SMILES string of the molecule is C=C1CCC[C@]2(C)CC[C@@H](C(C)(O)CO)C[C@]12O. The standard InChI is InChI=1S/C15H26O3/c1-11-5-4-7-13(2)8-6-12(9-15(11,13)18)14(3,17)10-16/h12,16-18H,1,4-10H2,2-3H3/t12-,13-,14?,15+/m1/s1. The first kappa shape index (κ1) is 14.0. The Bertz CT molecular complexity index is 350. The summed E-state index contributed by atoms with van der Waals surface area (Å²) in [6.45, 7) is 7.61. The van der Waals surface area contributed by atoms with Gasteiger partial charge in [-0.15, -0.1) is 0 Å². The van der Waals surface area contributed by atoms with Crippen LogP contribution in [0.5, 0.6) is 0 Å². The van der Waals surface area contributed by atoms with E-state index >= 15 is 0 Å². The molecular formula is C15H26O3. The van der Waals surface area contributed by atoms with Gasteiger partial charge in [-0.05, 0) is 56.9 Å². The molecule has 2 aliphatic rings. The molecule has 0 amide bonds. The second-order valence-electron chi connectivity index (χ2n) is 6.83. The molecule has 1 unspecified atom stereocenters. The maximum atomic E-state index is 11.1. The van der Waals surface area contributed by atoms with Gasteiger partial charge in [-0.1, -0.05) is 13.5 Å². The lowest BCUT2D eigenvalue weighted by Crippen LogP contribution is -2.57. The van der Waals surface area contributed by atoms with Gasteiger partial charge in [-0.2, -0.15) is 0 Å². The van der Waals surface area contributed by atoms with Crippen molar-refractivity contribution >= 4 is 0 Å². The van der Waals surface area contributed by atoms with Crippen LogP contribution in [0.25, 0.3) is 0 Å². The van der Waals surface area contributed by atoms with Gasteiger partial charge in [-0.25, -0.2) is 0 Å². The molecule has 4 atom stereocenters. The van der Waals surface area contributed by atoms with Crippen LogP contribution in [0, 0.1) is 11.3 Å². The van der Waals surface area contributed by atoms with Crippen molar-refractivity contribution in [3.8, 4) is 0 Å². The van der Waals surface area contributed by atoms with E-state index in [9.17, 15) is 15.3 Å². The van der Waals surface area contributed by atoms with Gasteiger partial charge in [0, 0.05) is 5.41 Å². The molecule has 0 aromatic rings. The molecule has 0 aromatic carbocycles. The van der Waals surface area contributed by atoms with Crippen molar-refractivity contribution in [1.29, 1.82) is 0 Å². The van der Waals surface area contributed by atoms with E-state index in [1.54, 1.807) is 6.92 Å². The average Bonchev–Trinajstić information content (AvgIpc) is 2.31. The van der Waals surface area contributed by atoms with E-state index in [2.05, 4.69) is 13.5 Å². The van der Waals surface area contributed by atoms with E-state index in [4.69, 9.17) is 0 Å². The Morgan fingerprint density at radius 2 is 2.11 bits per heavy atom. The Balaban J connectivity index is 2.27. The Labute approximate surface area is 110 Å². The lowest BCUT2D eigenvalue weighted by molar-refractivity contribution is -0.152. The summed E-state index contributed by atoms with van der Waals surface area (Å²) >= 11 is 0. The summed E-state index contributed by atoms with van der Waals surface area (Å²) in [6, 6.07) is 0. The fourth-order valence-electron chi connectivity index (χ4n) is 3.87. The third-order valence-corrected chi connectivity index (χ3v) is 5.58. The summed E-state index contributed by atoms with van der Waals surface area (Å²) in [5.41, 5.74) is -1.17. The molecule has 0 radical (unpaired) electrons. The monoisotopic (exact) mass is 254 g/mol. The lowest BCUT2D eigenvalue weighted by atomic mass is 9.52. The Morgan fingerprint density at radius 1 is 1.44 bits per heavy atom. The normalized spacial score (nSPS) is 44.3. The summed E-state index contributed by atoms with van der Waals surface area (Å²) < 4.78 is 0. The largest absolute Gasteiger partial charge is 0.393 e. The predicted octanol–water partition coefficient (Wildman–Crippen LogP) is 2.01. The molecule has 3 heteroatoms. The molecule has 2 fully saturated rings. The zero-order chi connectivity index (χ0) is 13.6. The van der Waals surface area contributed by atoms with Crippen molar-refractivity contribution in [1.82, 2.24) is 0 Å². The summed E-state index contributed by atoms with van der Waals surface area (Å²) in [5.74, 6) is -0.0598. The topological polar surface area (TPSA) is 60.7 Å². The van der Waals surface area contributed by atoms with Gasteiger partial charge < -0.3 is 15.3 Å². The van der Waals surface area contributed by atoms with Gasteiger partial charge in [0.1, 0.15) is 0 Å². The third kappa shape index (κ3) is 1.93. The summed E-state index contributed by atoms with van der Waals surface area (Å²) in [5, 5.41) is 30.6. The van der Waals surface area contributed by atoms with E-state index in [0.717, 1.165) is 37.7 Å². The number of aliphatic hydroxyl groups excluding tert-OH is 1. The molecule has 3 nitrogen and oxygen atoms in total. The molecule has 3 N–H and O–H groups in total. The van der Waals surface area contributed by atoms with Gasteiger partial charge in [-0.3, -0.25) is 0 Å². The van der Waals surface area contributed by atoms with E-state index in [1.807, 2.05) is 0 Å². The second kappa shape index (κ2) is 4.32. The van der Waals surface area contributed by atoms with Crippen LogP contribution >= 0.6 is 0 Å². The van der Waals surface area contributed by atoms with Gasteiger partial charge in [0.2, 0.25) is 0 Å². The van der Waals surface area contributed by atoms with E-state index < -0.39 is 11.2 Å². The Morgan fingerprint density at radius 3 is 2.72 bits per heavy atom. The predicted molar refractivity (Wildman–Crippen MR) is 71.1 cm³/mol. The first-order valence-electron chi connectivity index (χ1n) is 6.99. The molecule has 104 valence electrons. The van der Waals surface area contributed by atoms with Gasteiger partial charge >= 0.3 is 0 Å². The molecule has 18 heavy (non-hydrogen) atoms. The van der Waals surface area contributed by atoms with E-state index in [-0.39, 0.29) is 17.9 Å². The minimum absolute atomic E-state index is 0.0598. The minimum Gasteiger partial charge on any atom is -0.393 e. The highest BCUT2D eigenvalue weighted by molar-refractivity contribution is 5.24. The van der Waals surface area contributed by atoms with Crippen molar-refractivity contribution in [2.45, 2.75) is 63.6 Å². The number of fused-ring (bicyclic) bond motifs is 1. The number of hydrogen-bond donors (Lipinski definition) is 3. The Hall–Kier alpha value is -0.380. The van der Waals surface area contributed by atoms with Gasteiger partial charge in [0.05, 0.1) is 17.8 Å². The fraction of sp³-hybridized carbons (Fsp3) is 0.867. The van der Waals surface area contributed by atoms with Crippen molar-refractivity contribution in [3.05, 3.63) is 12.2 Å². The average molecular weight is 254 g/mol. The molecule has 0 heterocycles. The van der Waals surface area contributed by atoms with Crippen LogP contribution in [0.1, 0.15) is 52.4 Å². The van der Waals surface area contributed by atoms with Crippen molar-refractivity contribution in [3.63, 3.8) is 0 Å². The molecule has 0 saturated heterocycles. The quantitative estimate of drug-likeness (QED) is 0.661. The highest BCUT2D eigenvalue weighted by Crippen LogP contribution is 2.57. The minimum atomic E-state index is -1.10. The van der Waals surface area contributed by atoms with Crippen LogP contribution in [0.3, 0.4) is 0 Å². The molecule has 2 saturated carbocycles. The molecule has 2 rings (SSSR count). The zero-order valence-corrected chi connectivity index (χ0v) is 11.6. The van der Waals surface area contributed by atoms with Gasteiger partial charge in [0.25, 0.3) is 0 Å². The lowest BCUT2D eigenvalue weighted by Gasteiger charge is -2.56. The highest BCUT2D eigenvalue weighted by Gasteiger charge is 2.56. The van der Waals surface area contributed by atoms with Crippen LogP contribution in [-0.4, -0.2) is 33.1 Å². The van der Waals surface area contributed by atoms with Crippen LogP contribution in [0.15, 0.2) is 12.2 Å². The molecule has 0 aromatic heterocycles. The van der Waals surface area contributed by atoms with E-state index in [0.29, 0.717) is 6.42 Å². The first-order chi connectivity index (χ1) is 8.25. The molecular weight excluding hydrogens is 228 g/mol. The smallest absolute Gasteiger partial charge is 0.0911 e. The highest BCUT2D eigenvalue weighted by atomic mass is 16.3. The zero-order valence-electron chi connectivity index (χ0n) is 11.6. The summed E-state index contributed by atoms with van der Waals surface area (Å²) in [7, 11) is 0. The van der Waals surface area contributed by atoms with Crippen molar-refractivity contribution in [2.75, 3.05) is 6.61 Å². The van der Waals surface area contributed by atoms with Crippen LogP contribution < -0.4 is 0 Å². The third-order valence-electron chi connectivity index (χ3n) is 5.58. The van der Waals surface area contributed by atoms with Crippen LogP contribution in [-0.2, 0) is 0 Å². The maximum Gasteiger partial charge on any atom is 0.0911 e. The molecule has 0 aliphatic heterocycles. The summed E-state index contributed by atoms with van der Waals surface area (Å²) in [6.07, 6.45) is 5.27. The van der Waals surface area contributed by atoms with Crippen molar-refractivity contribution in [2.24, 2.45) is 11.3 Å². The molecule has 0 bridgehead atoms. The number of hydrogen-bond acceptors (Lipinski definition) is 3. The van der Waals surface area contributed by atoms with Crippen LogP contribution in [0.2, 0.25) is 0 Å². The fourth-order valence-corrected chi connectivity index (χ4v) is 3.87.